The first-order valence-electron chi connectivity index (χ1n) is 49.2. The number of aliphatic hydroxyl groups is 4. The molecule has 0 spiro atoms. The van der Waals surface area contributed by atoms with Crippen molar-refractivity contribution in [2.75, 3.05) is 111 Å². The van der Waals surface area contributed by atoms with E-state index in [-0.39, 0.29) is 140 Å². The molecule has 13 heterocycles. The van der Waals surface area contributed by atoms with Crippen LogP contribution < -0.4 is 48.6 Å². The highest BCUT2D eigenvalue weighted by atomic mass is 127. The summed E-state index contributed by atoms with van der Waals surface area (Å²) in [6, 6.07) is 31.4. The van der Waals surface area contributed by atoms with Crippen LogP contribution in [0.1, 0.15) is 203 Å². The number of ether oxygens (including phenoxy) is 2. The van der Waals surface area contributed by atoms with Crippen molar-refractivity contribution in [3.8, 4) is 33.5 Å². The Balaban J connectivity index is 0.000000246. The molecule has 0 saturated carbocycles. The number of nitrogens with two attached hydrogens (primary N) is 1. The molecule has 0 aliphatic carbocycles. The van der Waals surface area contributed by atoms with Gasteiger partial charge in [0.15, 0.2) is 0 Å². The number of alkyl halides is 3. The van der Waals surface area contributed by atoms with E-state index in [0.717, 1.165) is 177 Å². The van der Waals surface area contributed by atoms with Crippen LogP contribution in [0.15, 0.2) is 128 Å². The highest BCUT2D eigenvalue weighted by Crippen LogP contribution is 2.41. The third-order valence-corrected chi connectivity index (χ3v) is 28.4. The minimum absolute atomic E-state index is 0. The smallest absolute Gasteiger partial charge is 0.399 e. The zero-order chi connectivity index (χ0) is 105. The van der Waals surface area contributed by atoms with Gasteiger partial charge >= 0.3 is 38.5 Å². The molecule has 7 aliphatic rings. The van der Waals surface area contributed by atoms with Crippen molar-refractivity contribution in [1.82, 2.24) is 54.2 Å². The number of halogens is 9. The second kappa shape index (κ2) is 58.9. The van der Waals surface area contributed by atoms with Crippen LogP contribution in [0.25, 0.3) is 33.5 Å². The van der Waals surface area contributed by atoms with Crippen LogP contribution in [0.3, 0.4) is 0 Å². The van der Waals surface area contributed by atoms with Crippen LogP contribution in [0, 0.1) is 45.7 Å². The normalized spacial score (nSPS) is 19.5. The second-order valence-electron chi connectivity index (χ2n) is 39.6. The molecule has 147 heavy (non-hydrogen) atoms. The lowest BCUT2D eigenvalue weighted by molar-refractivity contribution is -0.143. The number of hydrogen-bond donors (Lipinski definition) is 11. The number of anilines is 6. The number of carbonyl (C=O) groups is 3. The molecule has 16 rings (SSSR count). The Morgan fingerprint density at radius 2 is 0.850 bits per heavy atom. The summed E-state index contributed by atoms with van der Waals surface area (Å²) in [5.74, 6) is 2.60. The van der Waals surface area contributed by atoms with Crippen LogP contribution in [-0.2, 0) is 28.1 Å². The average Bonchev–Trinajstić information content (AvgIpc) is 1.64. The van der Waals surface area contributed by atoms with Crippen LogP contribution in [-0.4, -0.2) is 239 Å². The lowest BCUT2D eigenvalue weighted by atomic mass is 9.76. The second-order valence-corrected chi connectivity index (χ2v) is 43.6. The maximum atomic E-state index is 12.9. The number of nitrogens with one attached hydrogen (secondary N) is 6. The number of nitrogens with zero attached hydrogens (tertiary/aromatic N) is 11. The molecule has 0 bridgehead atoms. The van der Waals surface area contributed by atoms with Crippen LogP contribution in [0.5, 0.6) is 0 Å². The van der Waals surface area contributed by atoms with Crippen molar-refractivity contribution >= 4 is 210 Å². The van der Waals surface area contributed by atoms with Crippen LogP contribution >= 0.6 is 132 Å². The summed E-state index contributed by atoms with van der Waals surface area (Å²) < 4.78 is 79.4. The van der Waals surface area contributed by atoms with Crippen molar-refractivity contribution in [3.05, 3.63) is 172 Å². The summed E-state index contributed by atoms with van der Waals surface area (Å²) in [7, 11) is -0.905. The van der Waals surface area contributed by atoms with Crippen molar-refractivity contribution < 1.29 is 76.1 Å². The first-order chi connectivity index (χ1) is 68.0. The lowest BCUT2D eigenvalue weighted by Gasteiger charge is -2.32. The number of aryl methyl sites for hydroxylation is 3. The van der Waals surface area contributed by atoms with Gasteiger partial charge in [0.1, 0.15) is 50.5 Å². The first-order valence-corrected chi connectivity index (χ1v) is 52.8. The summed E-state index contributed by atoms with van der Waals surface area (Å²) in [6.07, 6.45) is 13.8. The van der Waals surface area contributed by atoms with Gasteiger partial charge in [-0.25, -0.2) is 43.7 Å². The summed E-state index contributed by atoms with van der Waals surface area (Å²) in [4.78, 5) is 60.3. The van der Waals surface area contributed by atoms with Gasteiger partial charge in [0.2, 0.25) is 0 Å². The third-order valence-electron chi connectivity index (χ3n) is 26.4. The summed E-state index contributed by atoms with van der Waals surface area (Å²) in [5, 5.41) is 64.8. The van der Waals surface area contributed by atoms with E-state index in [1.165, 1.54) is 11.3 Å². The molecule has 810 valence electrons. The van der Waals surface area contributed by atoms with Crippen molar-refractivity contribution in [2.24, 2.45) is 23.5 Å². The van der Waals surface area contributed by atoms with Gasteiger partial charge in [-0.3, -0.25) is 0 Å². The van der Waals surface area contributed by atoms with E-state index in [1.54, 1.807) is 43.3 Å². The number of amides is 6. The number of aromatic nitrogens is 8. The lowest BCUT2D eigenvalue weighted by Crippen LogP contribution is -2.41. The molecule has 31 nitrogen and oxygen atoms in total. The molecule has 12 N–H and O–H groups in total. The minimum Gasteiger partial charge on any atom is -0.399 e. The van der Waals surface area contributed by atoms with E-state index in [2.05, 4.69) is 157 Å². The van der Waals surface area contributed by atoms with Crippen LogP contribution in [0.4, 0.5) is 62.1 Å². The molecule has 9 aromatic rings. The Kier molecular flexibility index (Phi) is 50.9. The van der Waals surface area contributed by atoms with Gasteiger partial charge in [0.25, 0.3) is 0 Å². The maximum Gasteiger partial charge on any atom is 0.498 e. The Bertz CT molecular complexity index is 5590. The zero-order valence-corrected chi connectivity index (χ0v) is 97.1. The van der Waals surface area contributed by atoms with Gasteiger partial charge in [0, 0.05) is 137 Å². The number of hydrogen-bond acceptors (Lipinski definition) is 23. The molecule has 6 amide bonds. The summed E-state index contributed by atoms with van der Waals surface area (Å²) >= 11 is 27.4. The SMILES string of the molecule is CC1(C)OB(c2cnn(C3CCCCO3)c2)OC1(C)C.CC[C@@H]1CCN(C(=O)Nc2ccc(C)c(-c3cc(Cl)nc(N[C@@H](C)CO)c3)c2)C1.CC[C@@H]1CCN(C(=O)Nc2ccc(C)c(-c3cc(N[C@@H](C)CO)nc(-c4cnn(C5CCCCO5)c4)c3)c2)C1.C[C@@H](CO)Nc1cc(I)cc(Cl)n1.C[C@H](N)CO.Cc1ccc(NC(=O)N2CC[C@@H](CC(F)(F)F)C2)cc1B1OC(C)(C)C(C)(C)O1.Clc1cc(I)cc(Cl)n1.S.S.S. The highest BCUT2D eigenvalue weighted by Gasteiger charge is 2.54. The number of rotatable bonds is 23. The van der Waals surface area contributed by atoms with Crippen molar-refractivity contribution in [3.63, 3.8) is 0 Å². The molecule has 9 atom stereocenters. The molecule has 2 unspecified atom stereocenters. The summed E-state index contributed by atoms with van der Waals surface area (Å²) in [6.45, 7) is 39.3. The molecule has 7 fully saturated rings. The van der Waals surface area contributed by atoms with Gasteiger partial charge in [-0.1, -0.05) is 96.9 Å². The van der Waals surface area contributed by atoms with E-state index in [0.29, 0.717) is 68.6 Å². The maximum absolute atomic E-state index is 12.9. The average molecular weight is 2400 g/mol. The minimum atomic E-state index is -4.20. The highest BCUT2D eigenvalue weighted by molar-refractivity contribution is 14.1. The Morgan fingerprint density at radius 3 is 1.25 bits per heavy atom. The standard InChI is InChI=1S/C30H40N6O3.C22H29ClN4O2.C20H28BF3N2O3.C14H23BN2O3.C8H10ClIN2O.C5H2Cl2IN.C3H9NO.3H2S/c1-4-22-10-11-35(17-22)30(38)33-25-9-8-20(2)26(15-25)23-13-27(34-28(14-23)32-21(3)19-37)24-16-31-36(18-24)29-7-5-6-12-39-29;1-4-16-7-8-27(12-16)22(29)25-18-6-5-14(2)19(11-18)17-9-20(23)26-21(10-17)24-15(3)13-28;1-13-6-7-15(10-16(13)21-28-18(2,3)19(4,5)29-21)25-17(27)26-9-8-14(12-26)11-20(22,23)24;1-13(2)14(3,4)20-15(19-13)11-9-16-17(10-11)12-7-5-6-8-18-12;1-5(4-13)11-8-3-6(10)2-7(9)12-8;6-4-1-3(8)2-5(7)9-4;1-3(4)2-5;;;/h8-9,13-16,18,21-22,29,37H,4-7,10-12,17,19H2,1-3H3,(H,32,34)(H,33,38);5-6,9-11,15-16,28H,4,7-8,12-13H2,1-3H3,(H,24,26)(H,25,29);6-7,10,14H,8-9,11-12H2,1-5H3,(H,25,27);9-10,12H,5-8H2,1-4H3;2-3,5,13H,4H2,1H3,(H,11,12);1-2H;3,5H,2,4H2,1H3;3*1H2/t21-,22+,29?;15-,16+;14-;;5-;;3-;;;/m000.0.0.../s1. The fourth-order valence-corrected chi connectivity index (χ4v) is 19.0. The Morgan fingerprint density at radius 1 is 0.476 bits per heavy atom. The predicted octanol–water partition coefficient (Wildman–Crippen LogP) is 21.2. The fourth-order valence-electron chi connectivity index (χ4n) is 16.4. The molecule has 7 aliphatic heterocycles. The zero-order valence-electron chi connectivity index (χ0n) is 86.8. The quantitative estimate of drug-likeness (QED) is 0.0161. The van der Waals surface area contributed by atoms with Crippen molar-refractivity contribution in [1.29, 1.82) is 0 Å². The number of pyridine rings is 4. The fraction of sp³-hybridized carbons (Fsp3) is 0.539. The molecular formula is C102H147B2Cl4F3I2N18O13S3. The number of carbonyl (C=O) groups excluding carboxylic acids is 3. The first kappa shape index (κ1) is 127. The molecular weight excluding hydrogens is 2260 g/mol. The van der Waals surface area contributed by atoms with E-state index >= 15 is 0 Å². The largest absolute Gasteiger partial charge is 0.498 e. The Labute approximate surface area is 932 Å². The molecule has 3 aromatic carbocycles. The van der Waals surface area contributed by atoms with Crippen LogP contribution in [0.2, 0.25) is 20.6 Å². The predicted molar refractivity (Wildman–Crippen MR) is 616 cm³/mol. The van der Waals surface area contributed by atoms with Gasteiger partial charge in [-0.2, -0.15) is 63.9 Å². The number of urea groups is 3. The van der Waals surface area contributed by atoms with E-state index in [4.69, 9.17) is 95.4 Å². The third kappa shape index (κ3) is 38.6. The molecule has 7 saturated heterocycles. The topological polar surface area (TPSA) is 383 Å². The molecule has 45 heteroatoms. The Hall–Kier alpha value is -6.96. The summed E-state index contributed by atoms with van der Waals surface area (Å²) in [5.41, 5.74) is 15.9. The molecule has 0 radical (unpaired) electrons. The monoisotopic (exact) mass is 2400 g/mol. The van der Waals surface area contributed by atoms with Gasteiger partial charge < -0.3 is 101 Å². The van der Waals surface area contributed by atoms with E-state index in [1.807, 2.05) is 167 Å². The number of aliphatic hydroxyl groups excluding tert-OH is 4. The van der Waals surface area contributed by atoms with Gasteiger partial charge in [-0.05, 0) is 348 Å². The molecule has 6 aromatic heterocycles. The number of likely N-dealkylation sites (tertiary alicyclic amines) is 3. The van der Waals surface area contributed by atoms with E-state index < -0.39 is 42.9 Å². The van der Waals surface area contributed by atoms with E-state index in [9.17, 15) is 37.8 Å². The van der Waals surface area contributed by atoms with Gasteiger partial charge in [-0.15, -0.1) is 0 Å². The number of benzene rings is 3. The van der Waals surface area contributed by atoms with Crippen molar-refractivity contribution in [2.45, 2.75) is 260 Å². The van der Waals surface area contributed by atoms with Gasteiger partial charge in [0.05, 0.1) is 60.7 Å².